The zero-order chi connectivity index (χ0) is 30.0. The Bertz CT molecular complexity index is 1170. The molecule has 4 fully saturated rings. The molecule has 1 aliphatic carbocycles. The quantitative estimate of drug-likeness (QED) is 0.514. The van der Waals surface area contributed by atoms with Crippen LogP contribution in [-0.4, -0.2) is 96.9 Å². The summed E-state index contributed by atoms with van der Waals surface area (Å²) >= 11 is 0. The summed E-state index contributed by atoms with van der Waals surface area (Å²) in [6.45, 7) is 9.91. The number of nitrogens with zero attached hydrogens (tertiary/aromatic N) is 3. The second kappa shape index (κ2) is 12.7. The number of hydrogen-bond acceptors (Lipinski definition) is 7. The van der Waals surface area contributed by atoms with Crippen molar-refractivity contribution in [1.29, 1.82) is 0 Å². The van der Waals surface area contributed by atoms with Crippen LogP contribution in [0.2, 0.25) is 0 Å². The van der Waals surface area contributed by atoms with Crippen LogP contribution in [0.5, 0.6) is 0 Å². The van der Waals surface area contributed by atoms with Gasteiger partial charge in [0, 0.05) is 38.3 Å². The molecule has 1 saturated carbocycles. The van der Waals surface area contributed by atoms with Crippen molar-refractivity contribution in [2.45, 2.75) is 102 Å². The number of amides is 2. The minimum Gasteiger partial charge on any atom is -0.445 e. The summed E-state index contributed by atoms with van der Waals surface area (Å²) in [5.41, 5.74) is 0.773. The van der Waals surface area contributed by atoms with Crippen LogP contribution in [0.1, 0.15) is 77.7 Å². The van der Waals surface area contributed by atoms with Gasteiger partial charge in [-0.25, -0.2) is 22.3 Å². The molecule has 3 saturated heterocycles. The van der Waals surface area contributed by atoms with Gasteiger partial charge < -0.3 is 24.6 Å². The molecule has 11 heteroatoms. The maximum atomic E-state index is 13.5. The summed E-state index contributed by atoms with van der Waals surface area (Å²) in [6, 6.07) is 9.97. The van der Waals surface area contributed by atoms with Crippen molar-refractivity contribution in [2.75, 3.05) is 39.3 Å². The maximum Gasteiger partial charge on any atom is 0.410 e. The van der Waals surface area contributed by atoms with E-state index in [4.69, 9.17) is 9.47 Å². The van der Waals surface area contributed by atoms with E-state index in [1.165, 1.54) is 0 Å². The van der Waals surface area contributed by atoms with Crippen molar-refractivity contribution in [3.8, 4) is 0 Å². The van der Waals surface area contributed by atoms with Gasteiger partial charge in [0.05, 0.1) is 5.25 Å². The van der Waals surface area contributed by atoms with Crippen LogP contribution < -0.4 is 5.32 Å². The van der Waals surface area contributed by atoms with Crippen LogP contribution in [0.4, 0.5) is 9.59 Å². The summed E-state index contributed by atoms with van der Waals surface area (Å²) < 4.78 is 39.4. The predicted molar refractivity (Wildman–Crippen MR) is 160 cm³/mol. The molecule has 1 spiro atoms. The molecule has 1 aromatic carbocycles. The van der Waals surface area contributed by atoms with Gasteiger partial charge in [-0.1, -0.05) is 30.3 Å². The van der Waals surface area contributed by atoms with Crippen LogP contribution in [0, 0.1) is 5.41 Å². The summed E-state index contributed by atoms with van der Waals surface area (Å²) in [5, 5.41) is 2.56. The van der Waals surface area contributed by atoms with Gasteiger partial charge in [-0.2, -0.15) is 0 Å². The number of ether oxygens (including phenoxy) is 2. The first-order valence-electron chi connectivity index (χ1n) is 15.6. The summed E-state index contributed by atoms with van der Waals surface area (Å²) in [4.78, 5) is 29.0. The third-order valence-corrected chi connectivity index (χ3v) is 12.0. The number of rotatable bonds is 6. The molecule has 4 aliphatic rings. The van der Waals surface area contributed by atoms with Crippen molar-refractivity contribution >= 4 is 22.2 Å². The van der Waals surface area contributed by atoms with Gasteiger partial charge in [0.1, 0.15) is 12.2 Å². The van der Waals surface area contributed by atoms with E-state index in [1.54, 1.807) is 4.31 Å². The lowest BCUT2D eigenvalue weighted by atomic mass is 9.60. The van der Waals surface area contributed by atoms with Gasteiger partial charge in [0.25, 0.3) is 0 Å². The maximum absolute atomic E-state index is 13.5. The fourth-order valence-electron chi connectivity index (χ4n) is 7.03. The molecule has 5 rings (SSSR count). The minimum atomic E-state index is -3.36. The largest absolute Gasteiger partial charge is 0.445 e. The topological polar surface area (TPSA) is 108 Å². The third kappa shape index (κ3) is 7.58. The third-order valence-electron chi connectivity index (χ3n) is 9.58. The van der Waals surface area contributed by atoms with Crippen molar-refractivity contribution in [3.63, 3.8) is 0 Å². The van der Waals surface area contributed by atoms with Gasteiger partial charge in [0.2, 0.25) is 10.0 Å². The first-order chi connectivity index (χ1) is 19.9. The molecule has 42 heavy (non-hydrogen) atoms. The number of benzene rings is 1. The Labute approximate surface area is 251 Å². The number of piperidine rings is 3. The summed E-state index contributed by atoms with van der Waals surface area (Å²) in [5.74, 6) is 0. The predicted octanol–water partition coefficient (Wildman–Crippen LogP) is 4.35. The van der Waals surface area contributed by atoms with Gasteiger partial charge >= 0.3 is 12.2 Å². The van der Waals surface area contributed by atoms with Crippen LogP contribution in [0.25, 0.3) is 0 Å². The summed E-state index contributed by atoms with van der Waals surface area (Å²) in [6.07, 6.45) is 6.16. The van der Waals surface area contributed by atoms with E-state index in [0.29, 0.717) is 50.2 Å². The Morgan fingerprint density at radius 1 is 0.929 bits per heavy atom. The smallest absolute Gasteiger partial charge is 0.410 e. The van der Waals surface area contributed by atoms with E-state index in [2.05, 4.69) is 10.2 Å². The van der Waals surface area contributed by atoms with Gasteiger partial charge in [-0.3, -0.25) is 0 Å². The minimum absolute atomic E-state index is 0.0801. The van der Waals surface area contributed by atoms with Gasteiger partial charge in [0.15, 0.2) is 0 Å². The van der Waals surface area contributed by atoms with E-state index < -0.39 is 21.7 Å². The highest BCUT2D eigenvalue weighted by molar-refractivity contribution is 7.89. The standard InChI is InChI=1S/C31H48N4O6S/c1-30(2,3)41-29(37)34-19-13-31(14-20-34)21-26(22-31)33-15-11-27(12-16-33)42(38,39)35-17-9-25(10-18-35)32-28(36)40-23-24-7-5-4-6-8-24/h4-8,25-27H,9-23H2,1-3H3,(H,32,36). The molecule has 0 atom stereocenters. The van der Waals surface area contributed by atoms with Crippen LogP contribution in [-0.2, 0) is 26.1 Å². The Hall–Kier alpha value is -2.37. The molecule has 0 aromatic heterocycles. The SMILES string of the molecule is CC(C)(C)OC(=O)N1CCC2(CC1)CC(N1CCC(S(=O)(=O)N3CCC(NC(=O)OCc4ccccc4)CC3)CC1)C2. The van der Waals surface area contributed by atoms with Gasteiger partial charge in [-0.05, 0) is 96.2 Å². The molecular formula is C31H48N4O6S. The fourth-order valence-corrected chi connectivity index (χ4v) is 8.98. The van der Waals surface area contributed by atoms with Gasteiger partial charge in [-0.15, -0.1) is 0 Å². The van der Waals surface area contributed by atoms with E-state index in [0.717, 1.165) is 57.4 Å². The second-order valence-electron chi connectivity index (χ2n) is 13.7. The molecule has 1 N–H and O–H groups in total. The zero-order valence-electron chi connectivity index (χ0n) is 25.4. The highest BCUT2D eigenvalue weighted by atomic mass is 32.2. The van der Waals surface area contributed by atoms with Crippen molar-refractivity contribution in [3.05, 3.63) is 35.9 Å². The Kier molecular flexibility index (Phi) is 9.39. The van der Waals surface area contributed by atoms with E-state index in [1.807, 2.05) is 56.0 Å². The van der Waals surface area contributed by atoms with E-state index >= 15 is 0 Å². The molecule has 3 aliphatic heterocycles. The molecule has 2 amide bonds. The number of hydrogen-bond donors (Lipinski definition) is 1. The monoisotopic (exact) mass is 604 g/mol. The molecule has 0 radical (unpaired) electrons. The first kappa shape index (κ1) is 31.1. The van der Waals surface area contributed by atoms with Crippen LogP contribution in [0.3, 0.4) is 0 Å². The normalized spacial score (nSPS) is 23.4. The Morgan fingerprint density at radius 2 is 1.55 bits per heavy atom. The first-order valence-corrected chi connectivity index (χ1v) is 17.1. The van der Waals surface area contributed by atoms with Crippen molar-refractivity contribution in [1.82, 2.24) is 19.4 Å². The Morgan fingerprint density at radius 3 is 2.14 bits per heavy atom. The number of likely N-dealkylation sites (tertiary alicyclic amines) is 2. The average molecular weight is 605 g/mol. The van der Waals surface area contributed by atoms with Crippen LogP contribution in [0.15, 0.2) is 30.3 Å². The molecule has 0 unspecified atom stereocenters. The lowest BCUT2D eigenvalue weighted by Crippen LogP contribution is -2.58. The average Bonchev–Trinajstić information content (AvgIpc) is 2.95. The lowest BCUT2D eigenvalue weighted by molar-refractivity contribution is -0.0517. The molecule has 234 valence electrons. The molecular weight excluding hydrogens is 556 g/mol. The summed E-state index contributed by atoms with van der Waals surface area (Å²) in [7, 11) is -3.36. The number of carbonyl (C=O) groups excluding carboxylic acids is 2. The van der Waals surface area contributed by atoms with E-state index in [-0.39, 0.29) is 24.0 Å². The molecule has 10 nitrogen and oxygen atoms in total. The highest BCUT2D eigenvalue weighted by Crippen LogP contribution is 2.51. The second-order valence-corrected chi connectivity index (χ2v) is 15.9. The van der Waals surface area contributed by atoms with Crippen molar-refractivity contribution < 1.29 is 27.5 Å². The number of sulfonamides is 1. The highest BCUT2D eigenvalue weighted by Gasteiger charge is 2.49. The number of alkyl carbamates (subject to hydrolysis) is 1. The molecule has 0 bridgehead atoms. The van der Waals surface area contributed by atoms with Crippen LogP contribution >= 0.6 is 0 Å². The number of carbonyl (C=O) groups is 2. The molecule has 1 aromatic rings. The Balaban J connectivity index is 0.996. The zero-order valence-corrected chi connectivity index (χ0v) is 26.2. The molecule has 3 heterocycles. The lowest BCUT2D eigenvalue weighted by Gasteiger charge is -2.56. The fraction of sp³-hybridized carbons (Fsp3) is 0.742. The van der Waals surface area contributed by atoms with E-state index in [9.17, 15) is 18.0 Å². The van der Waals surface area contributed by atoms with Crippen molar-refractivity contribution in [2.24, 2.45) is 5.41 Å². The number of nitrogens with one attached hydrogen (secondary N) is 1.